The zero-order valence-electron chi connectivity index (χ0n) is 18.0. The molecule has 0 saturated carbocycles. The van der Waals surface area contributed by atoms with E-state index in [1.807, 2.05) is 24.3 Å². The highest BCUT2D eigenvalue weighted by atomic mass is 35.5. The summed E-state index contributed by atoms with van der Waals surface area (Å²) in [4.78, 5) is 2.31. The summed E-state index contributed by atoms with van der Waals surface area (Å²) in [5.41, 5.74) is 4.35. The summed E-state index contributed by atoms with van der Waals surface area (Å²) in [6.45, 7) is 5.93. The SMILES string of the molecule is CN(Cc1ccc(CO)cc1)C(C)(C)COC(c1ccccc1)c1ccccc1.Cl. The zero-order chi connectivity index (χ0) is 20.7. The molecule has 0 aromatic heterocycles. The highest BCUT2D eigenvalue weighted by Gasteiger charge is 2.26. The normalized spacial score (nSPS) is 11.5. The first-order valence-electron chi connectivity index (χ1n) is 10.1. The average molecular weight is 426 g/mol. The smallest absolute Gasteiger partial charge is 0.108 e. The van der Waals surface area contributed by atoms with Crippen LogP contribution in [0.4, 0.5) is 0 Å². The molecule has 0 unspecified atom stereocenters. The quantitative estimate of drug-likeness (QED) is 0.483. The first-order valence-corrected chi connectivity index (χ1v) is 10.1. The van der Waals surface area contributed by atoms with E-state index in [1.54, 1.807) is 0 Å². The number of aliphatic hydroxyl groups is 1. The molecule has 0 fully saturated rings. The van der Waals surface area contributed by atoms with E-state index in [-0.39, 0.29) is 30.7 Å². The maximum absolute atomic E-state index is 9.22. The minimum absolute atomic E-state index is 0. The molecule has 0 saturated heterocycles. The molecule has 3 aromatic rings. The molecule has 3 nitrogen and oxygen atoms in total. The van der Waals surface area contributed by atoms with E-state index >= 15 is 0 Å². The molecule has 0 aliphatic carbocycles. The summed E-state index contributed by atoms with van der Waals surface area (Å²) in [7, 11) is 2.13. The molecule has 1 N–H and O–H groups in total. The number of benzene rings is 3. The van der Waals surface area contributed by atoms with Crippen molar-refractivity contribution in [1.82, 2.24) is 4.90 Å². The number of halogens is 1. The molecule has 0 radical (unpaired) electrons. The van der Waals surface area contributed by atoms with E-state index in [4.69, 9.17) is 4.74 Å². The molecular formula is C26H32ClNO2. The minimum Gasteiger partial charge on any atom is -0.392 e. The number of hydrogen-bond donors (Lipinski definition) is 1. The molecule has 3 rings (SSSR count). The van der Waals surface area contributed by atoms with Crippen LogP contribution in [0.2, 0.25) is 0 Å². The van der Waals surface area contributed by atoms with Gasteiger partial charge in [-0.25, -0.2) is 0 Å². The first kappa shape index (κ1) is 24.1. The van der Waals surface area contributed by atoms with Crippen molar-refractivity contribution in [3.05, 3.63) is 107 Å². The summed E-state index contributed by atoms with van der Waals surface area (Å²) >= 11 is 0. The average Bonchev–Trinajstić information content (AvgIpc) is 2.76. The number of rotatable bonds is 9. The standard InChI is InChI=1S/C26H31NO2.ClH/c1-26(2,27(3)18-21-14-16-22(19-28)17-15-21)20-29-25(23-10-6-4-7-11-23)24-12-8-5-9-13-24;/h4-17,25,28H,18-20H2,1-3H3;1H. The highest BCUT2D eigenvalue weighted by Crippen LogP contribution is 2.28. The third kappa shape index (κ3) is 6.41. The maximum Gasteiger partial charge on any atom is 0.108 e. The molecule has 3 aromatic carbocycles. The Kier molecular flexibility index (Phi) is 9.07. The van der Waals surface area contributed by atoms with Crippen LogP contribution in [0.3, 0.4) is 0 Å². The van der Waals surface area contributed by atoms with Gasteiger partial charge in [-0.3, -0.25) is 4.90 Å². The summed E-state index contributed by atoms with van der Waals surface area (Å²) in [5, 5.41) is 9.22. The van der Waals surface area contributed by atoms with Crippen LogP contribution < -0.4 is 0 Å². The molecule has 0 atom stereocenters. The van der Waals surface area contributed by atoms with Gasteiger partial charge in [-0.15, -0.1) is 12.4 Å². The van der Waals surface area contributed by atoms with E-state index < -0.39 is 0 Å². The number of ether oxygens (including phenoxy) is 1. The number of hydrogen-bond acceptors (Lipinski definition) is 3. The summed E-state index contributed by atoms with van der Waals surface area (Å²) in [5.74, 6) is 0. The molecule has 160 valence electrons. The van der Waals surface area contributed by atoms with E-state index in [2.05, 4.69) is 86.5 Å². The van der Waals surface area contributed by atoms with Crippen LogP contribution in [0, 0.1) is 0 Å². The molecule has 30 heavy (non-hydrogen) atoms. The van der Waals surface area contributed by atoms with Gasteiger partial charge >= 0.3 is 0 Å². The predicted octanol–water partition coefficient (Wildman–Crippen LogP) is 5.62. The summed E-state index contributed by atoms with van der Waals surface area (Å²) in [6.07, 6.45) is -0.0890. The Morgan fingerprint density at radius 1 is 0.800 bits per heavy atom. The van der Waals surface area contributed by atoms with Gasteiger partial charge in [-0.2, -0.15) is 0 Å². The van der Waals surface area contributed by atoms with Crippen molar-refractivity contribution in [2.24, 2.45) is 0 Å². The van der Waals surface area contributed by atoms with Crippen molar-refractivity contribution in [3.63, 3.8) is 0 Å². The fraction of sp³-hybridized carbons (Fsp3) is 0.308. The maximum atomic E-state index is 9.22. The van der Waals surface area contributed by atoms with Gasteiger partial charge < -0.3 is 9.84 Å². The number of aliphatic hydroxyl groups excluding tert-OH is 1. The predicted molar refractivity (Wildman–Crippen MR) is 126 cm³/mol. The molecule has 0 bridgehead atoms. The van der Waals surface area contributed by atoms with Crippen LogP contribution in [0.5, 0.6) is 0 Å². The molecule has 0 aliphatic heterocycles. The molecule has 4 heteroatoms. The lowest BCUT2D eigenvalue weighted by Gasteiger charge is -2.37. The Bertz CT molecular complexity index is 827. The Hall–Kier alpha value is -2.17. The van der Waals surface area contributed by atoms with E-state index in [0.29, 0.717) is 6.61 Å². The summed E-state index contributed by atoms with van der Waals surface area (Å²) < 4.78 is 6.50. The summed E-state index contributed by atoms with van der Waals surface area (Å²) in [6, 6.07) is 28.9. The van der Waals surface area contributed by atoms with Crippen LogP contribution in [-0.4, -0.2) is 29.2 Å². The largest absolute Gasteiger partial charge is 0.392 e. The van der Waals surface area contributed by atoms with Crippen molar-refractivity contribution in [1.29, 1.82) is 0 Å². The first-order chi connectivity index (χ1) is 14.0. The van der Waals surface area contributed by atoms with Crippen LogP contribution in [0.25, 0.3) is 0 Å². The topological polar surface area (TPSA) is 32.7 Å². The Labute approximate surface area is 186 Å². The second-order valence-electron chi connectivity index (χ2n) is 8.16. The van der Waals surface area contributed by atoms with Gasteiger partial charge in [-0.1, -0.05) is 84.9 Å². The fourth-order valence-electron chi connectivity index (χ4n) is 3.28. The highest BCUT2D eigenvalue weighted by molar-refractivity contribution is 5.85. The monoisotopic (exact) mass is 425 g/mol. The lowest BCUT2D eigenvalue weighted by molar-refractivity contribution is -0.00738. The van der Waals surface area contributed by atoms with Crippen LogP contribution in [0.1, 0.15) is 42.2 Å². The lowest BCUT2D eigenvalue weighted by atomic mass is 10.00. The fourth-order valence-corrected chi connectivity index (χ4v) is 3.28. The van der Waals surface area contributed by atoms with Gasteiger partial charge in [0.2, 0.25) is 0 Å². The zero-order valence-corrected chi connectivity index (χ0v) is 18.8. The van der Waals surface area contributed by atoms with Gasteiger partial charge in [-0.05, 0) is 43.1 Å². The van der Waals surface area contributed by atoms with E-state index in [1.165, 1.54) is 5.56 Å². The Balaban J connectivity index is 0.00000320. The van der Waals surface area contributed by atoms with Crippen molar-refractivity contribution in [3.8, 4) is 0 Å². The van der Waals surface area contributed by atoms with Crippen LogP contribution in [0.15, 0.2) is 84.9 Å². The van der Waals surface area contributed by atoms with E-state index in [9.17, 15) is 5.11 Å². The van der Waals surface area contributed by atoms with Crippen molar-refractivity contribution < 1.29 is 9.84 Å². The van der Waals surface area contributed by atoms with Crippen molar-refractivity contribution >= 4 is 12.4 Å². The lowest BCUT2D eigenvalue weighted by Crippen LogP contribution is -2.44. The van der Waals surface area contributed by atoms with E-state index in [0.717, 1.165) is 23.2 Å². The third-order valence-corrected chi connectivity index (χ3v) is 5.47. The number of likely N-dealkylation sites (N-methyl/N-ethyl adjacent to an activating group) is 1. The van der Waals surface area contributed by atoms with Gasteiger partial charge in [0.15, 0.2) is 0 Å². The molecule has 0 amide bonds. The van der Waals surface area contributed by atoms with Gasteiger partial charge in [0.25, 0.3) is 0 Å². The second-order valence-corrected chi connectivity index (χ2v) is 8.16. The molecular weight excluding hydrogens is 394 g/mol. The van der Waals surface area contributed by atoms with Crippen LogP contribution in [-0.2, 0) is 17.9 Å². The molecule has 0 aliphatic rings. The van der Waals surface area contributed by atoms with Crippen molar-refractivity contribution in [2.75, 3.05) is 13.7 Å². The van der Waals surface area contributed by atoms with Crippen molar-refractivity contribution in [2.45, 2.75) is 38.6 Å². The third-order valence-electron chi connectivity index (χ3n) is 5.47. The molecule has 0 spiro atoms. The minimum atomic E-state index is -0.141. The van der Waals surface area contributed by atoms with Gasteiger partial charge in [0.05, 0.1) is 13.2 Å². The molecule has 0 heterocycles. The van der Waals surface area contributed by atoms with Crippen LogP contribution >= 0.6 is 12.4 Å². The van der Waals surface area contributed by atoms with Gasteiger partial charge in [0.1, 0.15) is 6.10 Å². The Morgan fingerprint density at radius 2 is 1.27 bits per heavy atom. The Morgan fingerprint density at radius 3 is 1.73 bits per heavy atom. The second kappa shape index (κ2) is 11.3. The van der Waals surface area contributed by atoms with Gasteiger partial charge in [0, 0.05) is 12.1 Å². The number of nitrogens with zero attached hydrogens (tertiary/aromatic N) is 1.